The average molecular weight is 370 g/mol. The number of rotatable bonds is 7. The molecule has 0 bridgehead atoms. The third-order valence-electron chi connectivity index (χ3n) is 5.17. The molecule has 0 aliphatic carbocycles. The molecule has 2 aromatic rings. The minimum absolute atomic E-state index is 0.118. The first-order valence-electron chi connectivity index (χ1n) is 9.83. The van der Waals surface area contributed by atoms with Gasteiger partial charge in [-0.15, -0.1) is 0 Å². The second-order valence-electron chi connectivity index (χ2n) is 7.40. The third-order valence-corrected chi connectivity index (χ3v) is 5.17. The van der Waals surface area contributed by atoms with E-state index in [4.69, 9.17) is 0 Å². The molecule has 0 unspecified atom stereocenters. The van der Waals surface area contributed by atoms with Crippen LogP contribution in [0.25, 0.3) is 0 Å². The van der Waals surface area contributed by atoms with Crippen LogP contribution in [0.15, 0.2) is 30.3 Å². The van der Waals surface area contributed by atoms with Gasteiger partial charge in [-0.2, -0.15) is 5.10 Å². The van der Waals surface area contributed by atoms with E-state index in [0.29, 0.717) is 13.1 Å². The maximum Gasteiger partial charge on any atom is 0.234 e. The molecule has 1 aromatic heterocycles. The summed E-state index contributed by atoms with van der Waals surface area (Å²) < 4.78 is 2.01. The number of anilines is 1. The van der Waals surface area contributed by atoms with E-state index in [1.165, 1.54) is 16.9 Å². The van der Waals surface area contributed by atoms with Crippen LogP contribution in [0.1, 0.15) is 23.4 Å². The number of carbonyl (C=O) groups excluding carboxylic acids is 1. The van der Waals surface area contributed by atoms with Crippen molar-refractivity contribution in [1.82, 2.24) is 20.0 Å². The molecule has 27 heavy (non-hydrogen) atoms. The number of nitrogens with zero attached hydrogens (tertiary/aromatic N) is 4. The lowest BCUT2D eigenvalue weighted by molar-refractivity contribution is -0.122. The summed E-state index contributed by atoms with van der Waals surface area (Å²) >= 11 is 0. The minimum Gasteiger partial charge on any atom is -0.369 e. The Morgan fingerprint density at radius 1 is 1.11 bits per heavy atom. The summed E-state index contributed by atoms with van der Waals surface area (Å²) in [5, 5.41) is 7.49. The van der Waals surface area contributed by atoms with Gasteiger partial charge in [0.2, 0.25) is 5.91 Å². The third kappa shape index (κ3) is 5.32. The lowest BCUT2D eigenvalue weighted by Crippen LogP contribution is -2.49. The number of aryl methyl sites for hydroxylation is 4. The van der Waals surface area contributed by atoms with Crippen LogP contribution >= 0.6 is 0 Å². The van der Waals surface area contributed by atoms with E-state index < -0.39 is 0 Å². The van der Waals surface area contributed by atoms with Gasteiger partial charge >= 0.3 is 0 Å². The lowest BCUT2D eigenvalue weighted by atomic mass is 10.1. The van der Waals surface area contributed by atoms with Crippen molar-refractivity contribution in [3.05, 3.63) is 47.3 Å². The number of carbonyl (C=O) groups is 1. The molecule has 1 aliphatic heterocycles. The van der Waals surface area contributed by atoms with E-state index in [0.717, 1.165) is 44.8 Å². The minimum atomic E-state index is 0.118. The van der Waals surface area contributed by atoms with Gasteiger partial charge in [-0.05, 0) is 44.9 Å². The molecule has 2 heterocycles. The van der Waals surface area contributed by atoms with Crippen LogP contribution < -0.4 is 10.2 Å². The van der Waals surface area contributed by atoms with Gasteiger partial charge in [0.1, 0.15) is 0 Å². The Bertz CT molecular complexity index is 762. The molecule has 1 aromatic carbocycles. The molecule has 0 atom stereocenters. The number of nitrogens with one attached hydrogen (secondary N) is 1. The molecular weight excluding hydrogens is 338 g/mol. The fraction of sp³-hybridized carbons (Fsp3) is 0.524. The van der Waals surface area contributed by atoms with Gasteiger partial charge in [0, 0.05) is 50.6 Å². The molecule has 3 rings (SSSR count). The van der Waals surface area contributed by atoms with Crippen LogP contribution in [0.5, 0.6) is 0 Å². The van der Waals surface area contributed by atoms with Crippen molar-refractivity contribution in [3.63, 3.8) is 0 Å². The van der Waals surface area contributed by atoms with E-state index in [1.807, 2.05) is 11.6 Å². The second kappa shape index (κ2) is 9.04. The molecule has 0 saturated carbocycles. The normalized spacial score (nSPS) is 15.1. The molecule has 1 saturated heterocycles. The zero-order valence-corrected chi connectivity index (χ0v) is 16.7. The van der Waals surface area contributed by atoms with Crippen molar-refractivity contribution >= 4 is 11.6 Å². The van der Waals surface area contributed by atoms with E-state index in [2.05, 4.69) is 64.4 Å². The Balaban J connectivity index is 1.35. The molecule has 0 spiro atoms. The summed E-state index contributed by atoms with van der Waals surface area (Å²) in [7, 11) is 0. The molecule has 1 aliphatic rings. The fourth-order valence-electron chi connectivity index (χ4n) is 3.68. The first-order chi connectivity index (χ1) is 13.0. The quantitative estimate of drug-likeness (QED) is 0.760. The number of piperazine rings is 1. The maximum absolute atomic E-state index is 12.2. The van der Waals surface area contributed by atoms with Crippen LogP contribution in [-0.4, -0.2) is 59.9 Å². The first-order valence-corrected chi connectivity index (χ1v) is 9.83. The summed E-state index contributed by atoms with van der Waals surface area (Å²) in [6, 6.07) is 10.6. The summed E-state index contributed by atoms with van der Waals surface area (Å²) in [5.41, 5.74) is 4.84. The van der Waals surface area contributed by atoms with Crippen molar-refractivity contribution in [3.8, 4) is 0 Å². The zero-order chi connectivity index (χ0) is 19.2. The molecule has 1 amide bonds. The molecular formula is C21H31N5O. The van der Waals surface area contributed by atoms with Crippen molar-refractivity contribution < 1.29 is 4.79 Å². The highest BCUT2D eigenvalue weighted by Crippen LogP contribution is 2.20. The SMILES string of the molecule is Cc1cc(C)n(CCCNC(=O)CN2CCN(c3ccccc3C)CC2)n1. The molecule has 1 N–H and O–H groups in total. The summed E-state index contributed by atoms with van der Waals surface area (Å²) in [4.78, 5) is 16.9. The number of hydrogen-bond acceptors (Lipinski definition) is 4. The number of benzene rings is 1. The highest BCUT2D eigenvalue weighted by molar-refractivity contribution is 5.78. The Kier molecular flexibility index (Phi) is 6.50. The van der Waals surface area contributed by atoms with Crippen LogP contribution in [0.2, 0.25) is 0 Å². The molecule has 146 valence electrons. The maximum atomic E-state index is 12.2. The van der Waals surface area contributed by atoms with Crippen molar-refractivity contribution in [1.29, 1.82) is 0 Å². The highest BCUT2D eigenvalue weighted by Gasteiger charge is 2.19. The van der Waals surface area contributed by atoms with Gasteiger partial charge in [0.25, 0.3) is 0 Å². The number of para-hydroxylation sites is 1. The Hall–Kier alpha value is -2.34. The van der Waals surface area contributed by atoms with E-state index >= 15 is 0 Å². The number of amides is 1. The zero-order valence-electron chi connectivity index (χ0n) is 16.7. The number of aromatic nitrogens is 2. The van der Waals surface area contributed by atoms with Gasteiger partial charge < -0.3 is 10.2 Å². The van der Waals surface area contributed by atoms with E-state index in [-0.39, 0.29) is 5.91 Å². The second-order valence-corrected chi connectivity index (χ2v) is 7.40. The standard InChI is InChI=1S/C21H31N5O/c1-17-7-4-5-8-20(17)25-13-11-24(12-14-25)16-21(27)22-9-6-10-26-19(3)15-18(2)23-26/h4-5,7-8,15H,6,9-14,16H2,1-3H3,(H,22,27). The van der Waals surface area contributed by atoms with Crippen molar-refractivity contribution in [2.24, 2.45) is 0 Å². The predicted molar refractivity (Wildman–Crippen MR) is 109 cm³/mol. The van der Waals surface area contributed by atoms with Crippen molar-refractivity contribution in [2.75, 3.05) is 44.2 Å². The van der Waals surface area contributed by atoms with Crippen molar-refractivity contribution in [2.45, 2.75) is 33.7 Å². The molecule has 1 fully saturated rings. The molecule has 0 radical (unpaired) electrons. The van der Waals surface area contributed by atoms with Crippen LogP contribution in [-0.2, 0) is 11.3 Å². The van der Waals surface area contributed by atoms with Gasteiger partial charge in [0.15, 0.2) is 0 Å². The summed E-state index contributed by atoms with van der Waals surface area (Å²) in [6.45, 7) is 12.0. The molecule has 6 nitrogen and oxygen atoms in total. The fourth-order valence-corrected chi connectivity index (χ4v) is 3.68. The van der Waals surface area contributed by atoms with Crippen LogP contribution in [0.4, 0.5) is 5.69 Å². The summed E-state index contributed by atoms with van der Waals surface area (Å²) in [5.74, 6) is 0.118. The van der Waals surface area contributed by atoms with E-state index in [1.54, 1.807) is 0 Å². The van der Waals surface area contributed by atoms with Gasteiger partial charge in [-0.1, -0.05) is 18.2 Å². The number of hydrogen-bond donors (Lipinski definition) is 1. The van der Waals surface area contributed by atoms with Gasteiger partial charge in [-0.3, -0.25) is 14.4 Å². The Morgan fingerprint density at radius 2 is 1.85 bits per heavy atom. The monoisotopic (exact) mass is 369 g/mol. The Labute approximate surface area is 162 Å². The van der Waals surface area contributed by atoms with Crippen LogP contribution in [0, 0.1) is 20.8 Å². The van der Waals surface area contributed by atoms with Gasteiger partial charge in [-0.25, -0.2) is 0 Å². The predicted octanol–water partition coefficient (Wildman–Crippen LogP) is 2.14. The highest BCUT2D eigenvalue weighted by atomic mass is 16.2. The first kappa shape index (κ1) is 19.4. The topological polar surface area (TPSA) is 53.4 Å². The average Bonchev–Trinajstić information content (AvgIpc) is 2.97. The Morgan fingerprint density at radius 3 is 2.52 bits per heavy atom. The van der Waals surface area contributed by atoms with Crippen LogP contribution in [0.3, 0.4) is 0 Å². The molecule has 6 heteroatoms. The van der Waals surface area contributed by atoms with Gasteiger partial charge in [0.05, 0.1) is 12.2 Å². The largest absolute Gasteiger partial charge is 0.369 e. The van der Waals surface area contributed by atoms with E-state index in [9.17, 15) is 4.79 Å². The lowest BCUT2D eigenvalue weighted by Gasteiger charge is -2.36. The smallest absolute Gasteiger partial charge is 0.234 e. The summed E-state index contributed by atoms with van der Waals surface area (Å²) in [6.07, 6.45) is 0.898.